The number of nitrogens with zero attached hydrogens (tertiary/aromatic N) is 1. The van der Waals surface area contributed by atoms with Gasteiger partial charge in [-0.15, -0.1) is 0 Å². The molecule has 0 radical (unpaired) electrons. The fourth-order valence-electron chi connectivity index (χ4n) is 2.05. The smallest absolute Gasteiger partial charge is 0.331 e. The Morgan fingerprint density at radius 3 is 2.44 bits per heavy atom. The highest BCUT2D eigenvalue weighted by Gasteiger charge is 2.37. The number of benzene rings is 1. The van der Waals surface area contributed by atoms with Crippen molar-refractivity contribution in [1.29, 1.82) is 0 Å². The van der Waals surface area contributed by atoms with Crippen molar-refractivity contribution in [2.24, 2.45) is 0 Å². The minimum atomic E-state index is -1.07. The van der Waals surface area contributed by atoms with Crippen LogP contribution in [0.1, 0.15) is 18.0 Å². The first kappa shape index (κ1) is 12.9. The lowest BCUT2D eigenvalue weighted by Crippen LogP contribution is -2.35. The molecule has 5 nitrogen and oxygen atoms in total. The minimum Gasteiger partial charge on any atom is -0.508 e. The number of hydrogen-bond donors (Lipinski definition) is 2. The zero-order valence-electron chi connectivity index (χ0n) is 9.41. The summed E-state index contributed by atoms with van der Waals surface area (Å²) in [4.78, 5) is 24.4. The van der Waals surface area contributed by atoms with Crippen LogP contribution >= 0.6 is 15.9 Å². The highest BCUT2D eigenvalue weighted by Crippen LogP contribution is 2.29. The molecule has 1 amide bonds. The number of carbonyl (C=O) groups is 2. The van der Waals surface area contributed by atoms with Crippen LogP contribution in [0.15, 0.2) is 24.3 Å². The molecule has 1 heterocycles. The van der Waals surface area contributed by atoms with Gasteiger partial charge in [-0.3, -0.25) is 4.79 Å². The molecule has 1 aliphatic rings. The van der Waals surface area contributed by atoms with Gasteiger partial charge in [-0.05, 0) is 17.7 Å². The molecule has 0 bridgehead atoms. The van der Waals surface area contributed by atoms with Gasteiger partial charge in [0.05, 0.1) is 0 Å². The SMILES string of the molecule is O=C(O)[C@@H](c1ccc(O)cc1)N1CC(Br)CC1=O. The molecule has 0 spiro atoms. The molecule has 2 rings (SSSR count). The van der Waals surface area contributed by atoms with Crippen molar-refractivity contribution in [3.05, 3.63) is 29.8 Å². The number of alkyl halides is 1. The van der Waals surface area contributed by atoms with Gasteiger partial charge in [0.15, 0.2) is 6.04 Å². The lowest BCUT2D eigenvalue weighted by Gasteiger charge is -2.24. The van der Waals surface area contributed by atoms with Gasteiger partial charge in [0.25, 0.3) is 0 Å². The fourth-order valence-corrected chi connectivity index (χ4v) is 2.64. The third kappa shape index (κ3) is 2.48. The van der Waals surface area contributed by atoms with Crippen molar-refractivity contribution in [1.82, 2.24) is 4.90 Å². The predicted molar refractivity (Wildman–Crippen MR) is 67.5 cm³/mol. The van der Waals surface area contributed by atoms with Crippen LogP contribution in [0.5, 0.6) is 5.75 Å². The lowest BCUT2D eigenvalue weighted by atomic mass is 10.1. The van der Waals surface area contributed by atoms with Crippen LogP contribution in [0.3, 0.4) is 0 Å². The normalized spacial score (nSPS) is 21.1. The minimum absolute atomic E-state index is 0.0102. The Bertz CT molecular complexity index is 473. The Balaban J connectivity index is 2.32. The van der Waals surface area contributed by atoms with Gasteiger partial charge in [0.2, 0.25) is 5.91 Å². The first-order valence-corrected chi connectivity index (χ1v) is 6.36. The van der Waals surface area contributed by atoms with Crippen LogP contribution < -0.4 is 0 Å². The molecular formula is C12H12BrNO4. The molecule has 18 heavy (non-hydrogen) atoms. The average molecular weight is 314 g/mol. The standard InChI is InChI=1S/C12H12BrNO4/c13-8-5-10(16)14(6-8)11(12(17)18)7-1-3-9(15)4-2-7/h1-4,8,11,15H,5-6H2,(H,17,18)/t8?,11-/m1/s1. The number of carbonyl (C=O) groups excluding carboxylic acids is 1. The topological polar surface area (TPSA) is 77.8 Å². The summed E-state index contributed by atoms with van der Waals surface area (Å²) in [6, 6.07) is 4.86. The highest BCUT2D eigenvalue weighted by atomic mass is 79.9. The van der Waals surface area contributed by atoms with E-state index >= 15 is 0 Å². The highest BCUT2D eigenvalue weighted by molar-refractivity contribution is 9.09. The Morgan fingerprint density at radius 2 is 2.00 bits per heavy atom. The van der Waals surface area contributed by atoms with Crippen molar-refractivity contribution in [3.63, 3.8) is 0 Å². The van der Waals surface area contributed by atoms with Crippen molar-refractivity contribution < 1.29 is 19.8 Å². The summed E-state index contributed by atoms with van der Waals surface area (Å²) in [6.07, 6.45) is 0.307. The molecule has 0 aromatic heterocycles. The number of phenolic OH excluding ortho intramolecular Hbond substituents is 1. The Morgan fingerprint density at radius 1 is 1.39 bits per heavy atom. The number of phenols is 1. The van der Waals surface area contributed by atoms with E-state index in [0.717, 1.165) is 0 Å². The van der Waals surface area contributed by atoms with Gasteiger partial charge < -0.3 is 15.1 Å². The van der Waals surface area contributed by atoms with E-state index < -0.39 is 12.0 Å². The average Bonchev–Trinajstić information content (AvgIpc) is 2.61. The maximum atomic E-state index is 11.8. The number of carboxylic acids is 1. The van der Waals surface area contributed by atoms with E-state index in [-0.39, 0.29) is 16.5 Å². The first-order chi connectivity index (χ1) is 8.49. The summed E-state index contributed by atoms with van der Waals surface area (Å²) in [5, 5.41) is 18.5. The zero-order valence-corrected chi connectivity index (χ0v) is 11.0. The maximum absolute atomic E-state index is 11.8. The number of rotatable bonds is 3. The summed E-state index contributed by atoms with van der Waals surface area (Å²) in [6.45, 7) is 0.372. The van der Waals surface area contributed by atoms with E-state index in [1.54, 1.807) is 0 Å². The van der Waals surface area contributed by atoms with E-state index in [2.05, 4.69) is 15.9 Å². The van der Waals surface area contributed by atoms with E-state index in [9.17, 15) is 19.8 Å². The molecule has 2 atom stereocenters. The van der Waals surface area contributed by atoms with Crippen LogP contribution in [0, 0.1) is 0 Å². The molecule has 0 saturated carbocycles. The van der Waals surface area contributed by atoms with E-state index in [4.69, 9.17) is 0 Å². The summed E-state index contributed by atoms with van der Waals surface area (Å²) in [5.74, 6) is -1.19. The Kier molecular flexibility index (Phi) is 3.56. The van der Waals surface area contributed by atoms with Crippen LogP contribution in [-0.4, -0.2) is 38.4 Å². The van der Waals surface area contributed by atoms with Crippen LogP contribution in [0.25, 0.3) is 0 Å². The van der Waals surface area contributed by atoms with Crippen molar-refractivity contribution in [2.75, 3.05) is 6.54 Å². The largest absolute Gasteiger partial charge is 0.508 e. The van der Waals surface area contributed by atoms with Crippen LogP contribution in [0.4, 0.5) is 0 Å². The lowest BCUT2D eigenvalue weighted by molar-refractivity contribution is -0.148. The molecular weight excluding hydrogens is 302 g/mol. The molecule has 1 aliphatic heterocycles. The molecule has 96 valence electrons. The van der Waals surface area contributed by atoms with Gasteiger partial charge in [0, 0.05) is 17.8 Å². The van der Waals surface area contributed by atoms with Gasteiger partial charge in [-0.2, -0.15) is 0 Å². The number of amides is 1. The van der Waals surface area contributed by atoms with Gasteiger partial charge in [-0.1, -0.05) is 28.1 Å². The molecule has 6 heteroatoms. The van der Waals surface area contributed by atoms with Crippen molar-refractivity contribution >= 4 is 27.8 Å². The molecule has 1 saturated heterocycles. The third-order valence-corrected chi connectivity index (χ3v) is 3.48. The van der Waals surface area contributed by atoms with Gasteiger partial charge in [-0.25, -0.2) is 4.79 Å². The second-order valence-corrected chi connectivity index (χ2v) is 5.47. The second-order valence-electron chi connectivity index (χ2n) is 4.18. The van der Waals surface area contributed by atoms with E-state index in [1.807, 2.05) is 0 Å². The number of aromatic hydroxyl groups is 1. The number of carboxylic acid groups (broad SMARTS) is 1. The number of likely N-dealkylation sites (tertiary alicyclic amines) is 1. The number of halogens is 1. The summed E-state index contributed by atoms with van der Waals surface area (Å²) >= 11 is 3.33. The third-order valence-electron chi connectivity index (χ3n) is 2.87. The summed E-state index contributed by atoms with van der Waals surface area (Å²) in [7, 11) is 0. The van der Waals surface area contributed by atoms with Gasteiger partial charge in [0.1, 0.15) is 5.75 Å². The molecule has 2 N–H and O–H groups in total. The Hall–Kier alpha value is -1.56. The quantitative estimate of drug-likeness (QED) is 0.829. The molecule has 1 aromatic carbocycles. The monoisotopic (exact) mass is 313 g/mol. The van der Waals surface area contributed by atoms with Gasteiger partial charge >= 0.3 is 5.97 Å². The number of aliphatic carboxylic acids is 1. The predicted octanol–water partition coefficient (Wildman–Crippen LogP) is 1.51. The van der Waals surface area contributed by atoms with Crippen LogP contribution in [0.2, 0.25) is 0 Å². The molecule has 1 fully saturated rings. The summed E-state index contributed by atoms with van der Waals surface area (Å²) in [5.41, 5.74) is 0.482. The molecule has 1 aromatic rings. The second kappa shape index (κ2) is 4.97. The molecule has 1 unspecified atom stereocenters. The van der Waals surface area contributed by atoms with Crippen LogP contribution in [-0.2, 0) is 9.59 Å². The summed E-state index contributed by atoms with van der Waals surface area (Å²) < 4.78 is 0. The molecule has 0 aliphatic carbocycles. The van der Waals surface area contributed by atoms with Crippen molar-refractivity contribution in [2.45, 2.75) is 17.3 Å². The fraction of sp³-hybridized carbons (Fsp3) is 0.333. The number of hydrogen-bond acceptors (Lipinski definition) is 3. The van der Waals surface area contributed by atoms with E-state index in [0.29, 0.717) is 18.5 Å². The van der Waals surface area contributed by atoms with E-state index in [1.165, 1.54) is 29.2 Å². The first-order valence-electron chi connectivity index (χ1n) is 5.44. The van der Waals surface area contributed by atoms with Crippen molar-refractivity contribution in [3.8, 4) is 5.75 Å². The Labute approximate surface area is 112 Å². The zero-order chi connectivity index (χ0) is 13.3. The maximum Gasteiger partial charge on any atom is 0.331 e.